The minimum absolute atomic E-state index is 0.171. The SMILES string of the molecule is Cc1cc(C(=O)Nc2ccc(Br)nc2C)ccc1N. The van der Waals surface area contributed by atoms with E-state index in [9.17, 15) is 4.79 Å². The molecule has 2 aromatic rings. The summed E-state index contributed by atoms with van der Waals surface area (Å²) in [5.74, 6) is -0.171. The van der Waals surface area contributed by atoms with E-state index >= 15 is 0 Å². The number of aromatic nitrogens is 1. The van der Waals surface area contributed by atoms with Gasteiger partial charge in [0.15, 0.2) is 0 Å². The van der Waals surface area contributed by atoms with E-state index in [-0.39, 0.29) is 5.91 Å². The molecule has 0 bridgehead atoms. The predicted molar refractivity (Wildman–Crippen MR) is 80.2 cm³/mol. The number of halogens is 1. The zero-order chi connectivity index (χ0) is 14.0. The number of nitrogens with two attached hydrogens (primary N) is 1. The Morgan fingerprint density at radius 3 is 2.63 bits per heavy atom. The molecule has 0 spiro atoms. The maximum Gasteiger partial charge on any atom is 0.255 e. The number of amides is 1. The van der Waals surface area contributed by atoms with Gasteiger partial charge in [0.1, 0.15) is 4.60 Å². The molecule has 0 fully saturated rings. The fourth-order valence-electron chi connectivity index (χ4n) is 1.67. The molecule has 0 saturated heterocycles. The highest BCUT2D eigenvalue weighted by atomic mass is 79.9. The lowest BCUT2D eigenvalue weighted by molar-refractivity contribution is 0.102. The van der Waals surface area contributed by atoms with Gasteiger partial charge in [-0.05, 0) is 65.7 Å². The summed E-state index contributed by atoms with van der Waals surface area (Å²) in [4.78, 5) is 16.4. The van der Waals surface area contributed by atoms with Gasteiger partial charge in [0.2, 0.25) is 0 Å². The van der Waals surface area contributed by atoms with Gasteiger partial charge in [-0.2, -0.15) is 0 Å². The molecular weight excluding hydrogens is 306 g/mol. The molecule has 1 heterocycles. The third-order valence-corrected chi connectivity index (χ3v) is 3.27. The van der Waals surface area contributed by atoms with Gasteiger partial charge in [-0.15, -0.1) is 0 Å². The summed E-state index contributed by atoms with van der Waals surface area (Å²) >= 11 is 3.29. The van der Waals surface area contributed by atoms with Crippen molar-refractivity contribution in [1.82, 2.24) is 4.98 Å². The summed E-state index contributed by atoms with van der Waals surface area (Å²) < 4.78 is 0.742. The highest BCUT2D eigenvalue weighted by Gasteiger charge is 2.09. The van der Waals surface area contributed by atoms with E-state index in [0.717, 1.165) is 15.9 Å². The molecule has 0 aliphatic rings. The molecule has 1 aromatic carbocycles. The van der Waals surface area contributed by atoms with Crippen molar-refractivity contribution in [1.29, 1.82) is 0 Å². The normalized spacial score (nSPS) is 10.3. The second kappa shape index (κ2) is 5.40. The summed E-state index contributed by atoms with van der Waals surface area (Å²) in [7, 11) is 0. The van der Waals surface area contributed by atoms with Crippen molar-refractivity contribution in [2.45, 2.75) is 13.8 Å². The number of benzene rings is 1. The molecule has 2 rings (SSSR count). The molecule has 0 aliphatic carbocycles. The smallest absolute Gasteiger partial charge is 0.255 e. The van der Waals surface area contributed by atoms with Crippen LogP contribution >= 0.6 is 15.9 Å². The zero-order valence-corrected chi connectivity index (χ0v) is 12.3. The van der Waals surface area contributed by atoms with E-state index in [1.54, 1.807) is 24.3 Å². The van der Waals surface area contributed by atoms with Crippen molar-refractivity contribution in [2.24, 2.45) is 0 Å². The van der Waals surface area contributed by atoms with Crippen LogP contribution in [0, 0.1) is 13.8 Å². The Hall–Kier alpha value is -1.88. The summed E-state index contributed by atoms with van der Waals surface area (Å²) in [6, 6.07) is 8.81. The van der Waals surface area contributed by atoms with Crippen LogP contribution < -0.4 is 11.1 Å². The van der Waals surface area contributed by atoms with E-state index in [1.807, 2.05) is 19.9 Å². The van der Waals surface area contributed by atoms with Crippen LogP contribution in [0.1, 0.15) is 21.6 Å². The van der Waals surface area contributed by atoms with Crippen molar-refractivity contribution in [3.8, 4) is 0 Å². The first-order chi connectivity index (χ1) is 8.97. The number of aryl methyl sites for hydroxylation is 2. The molecular formula is C14H14BrN3O. The first kappa shape index (κ1) is 13.5. The quantitative estimate of drug-likeness (QED) is 0.659. The highest BCUT2D eigenvalue weighted by Crippen LogP contribution is 2.18. The molecule has 98 valence electrons. The Morgan fingerprint density at radius 1 is 1.26 bits per heavy atom. The lowest BCUT2D eigenvalue weighted by Crippen LogP contribution is -2.13. The van der Waals surface area contributed by atoms with Crippen molar-refractivity contribution in [3.05, 3.63) is 51.8 Å². The maximum absolute atomic E-state index is 12.1. The van der Waals surface area contributed by atoms with Gasteiger partial charge in [-0.1, -0.05) is 0 Å². The minimum Gasteiger partial charge on any atom is -0.399 e. The standard InChI is InChI=1S/C14H14BrN3O/c1-8-7-10(3-4-11(8)16)14(19)18-12-5-6-13(15)17-9(12)2/h3-7H,16H2,1-2H3,(H,18,19). The predicted octanol–water partition coefficient (Wildman–Crippen LogP) is 3.30. The first-order valence-corrected chi connectivity index (χ1v) is 6.57. The zero-order valence-electron chi connectivity index (χ0n) is 10.7. The summed E-state index contributed by atoms with van der Waals surface area (Å²) in [5.41, 5.74) is 9.34. The molecule has 0 radical (unpaired) electrons. The van der Waals surface area contributed by atoms with Gasteiger partial charge in [-0.3, -0.25) is 4.79 Å². The summed E-state index contributed by atoms with van der Waals surface area (Å²) in [6.45, 7) is 3.72. The number of rotatable bonds is 2. The highest BCUT2D eigenvalue weighted by molar-refractivity contribution is 9.10. The van der Waals surface area contributed by atoms with Crippen LogP contribution in [0.25, 0.3) is 0 Å². The van der Waals surface area contributed by atoms with Crippen LogP contribution in [-0.4, -0.2) is 10.9 Å². The number of hydrogen-bond acceptors (Lipinski definition) is 3. The molecule has 4 nitrogen and oxygen atoms in total. The van der Waals surface area contributed by atoms with Crippen molar-refractivity contribution >= 4 is 33.2 Å². The van der Waals surface area contributed by atoms with E-state index < -0.39 is 0 Å². The van der Waals surface area contributed by atoms with Gasteiger partial charge >= 0.3 is 0 Å². The Balaban J connectivity index is 2.23. The Bertz CT molecular complexity index is 641. The third kappa shape index (κ3) is 3.12. The molecule has 1 aromatic heterocycles. The molecule has 19 heavy (non-hydrogen) atoms. The molecule has 0 saturated carbocycles. The van der Waals surface area contributed by atoms with Crippen LogP contribution in [0.3, 0.4) is 0 Å². The number of carbonyl (C=O) groups is 1. The fourth-order valence-corrected chi connectivity index (χ4v) is 2.07. The number of anilines is 2. The van der Waals surface area contributed by atoms with Gasteiger partial charge in [0.05, 0.1) is 11.4 Å². The van der Waals surface area contributed by atoms with Crippen molar-refractivity contribution in [2.75, 3.05) is 11.1 Å². The molecule has 1 amide bonds. The van der Waals surface area contributed by atoms with Gasteiger partial charge in [0, 0.05) is 11.3 Å². The van der Waals surface area contributed by atoms with E-state index in [1.165, 1.54) is 0 Å². The van der Waals surface area contributed by atoms with Crippen LogP contribution in [0.15, 0.2) is 34.9 Å². The van der Waals surface area contributed by atoms with Gasteiger partial charge < -0.3 is 11.1 Å². The average molecular weight is 320 g/mol. The number of nitrogen functional groups attached to an aromatic ring is 1. The second-order valence-electron chi connectivity index (χ2n) is 4.29. The van der Waals surface area contributed by atoms with Crippen LogP contribution in [0.2, 0.25) is 0 Å². The molecule has 0 aliphatic heterocycles. The number of hydrogen-bond donors (Lipinski definition) is 2. The lowest BCUT2D eigenvalue weighted by Gasteiger charge is -2.09. The van der Waals surface area contributed by atoms with Gasteiger partial charge in [-0.25, -0.2) is 4.98 Å². The molecule has 5 heteroatoms. The Labute approximate surface area is 120 Å². The topological polar surface area (TPSA) is 68.0 Å². The Kier molecular flexibility index (Phi) is 3.85. The molecule has 0 unspecified atom stereocenters. The Morgan fingerprint density at radius 2 is 2.00 bits per heavy atom. The van der Waals surface area contributed by atoms with Crippen molar-refractivity contribution < 1.29 is 4.79 Å². The summed E-state index contributed by atoms with van der Waals surface area (Å²) in [5, 5.41) is 2.84. The number of pyridine rings is 1. The van der Waals surface area contributed by atoms with E-state index in [2.05, 4.69) is 26.2 Å². The van der Waals surface area contributed by atoms with Crippen molar-refractivity contribution in [3.63, 3.8) is 0 Å². The first-order valence-electron chi connectivity index (χ1n) is 5.78. The van der Waals surface area contributed by atoms with E-state index in [0.29, 0.717) is 16.9 Å². The fraction of sp³-hybridized carbons (Fsp3) is 0.143. The number of nitrogens with one attached hydrogen (secondary N) is 1. The average Bonchev–Trinajstić information content (AvgIpc) is 2.36. The monoisotopic (exact) mass is 319 g/mol. The van der Waals surface area contributed by atoms with Crippen LogP contribution in [-0.2, 0) is 0 Å². The third-order valence-electron chi connectivity index (χ3n) is 2.83. The maximum atomic E-state index is 12.1. The number of nitrogens with zero attached hydrogens (tertiary/aromatic N) is 1. The molecule has 3 N–H and O–H groups in total. The van der Waals surface area contributed by atoms with Crippen LogP contribution in [0.4, 0.5) is 11.4 Å². The summed E-state index contributed by atoms with van der Waals surface area (Å²) in [6.07, 6.45) is 0. The largest absolute Gasteiger partial charge is 0.399 e. The van der Waals surface area contributed by atoms with Crippen LogP contribution in [0.5, 0.6) is 0 Å². The molecule has 0 atom stereocenters. The second-order valence-corrected chi connectivity index (χ2v) is 5.10. The number of carbonyl (C=O) groups excluding carboxylic acids is 1. The van der Waals surface area contributed by atoms with Gasteiger partial charge in [0.25, 0.3) is 5.91 Å². The van der Waals surface area contributed by atoms with E-state index in [4.69, 9.17) is 5.73 Å². The lowest BCUT2D eigenvalue weighted by atomic mass is 10.1. The minimum atomic E-state index is -0.171.